The Hall–Kier alpha value is -0.233. The SMILES string of the molecule is C#C/C(C)=C/CO[SiH2]CC1(Cl)CCCC1. The predicted octanol–water partition coefficient (Wildman–Crippen LogP) is 2.64. The molecule has 0 unspecified atom stereocenters. The lowest BCUT2D eigenvalue weighted by Crippen LogP contribution is -2.19. The Labute approximate surface area is 100 Å². The highest BCUT2D eigenvalue weighted by atomic mass is 35.5. The number of hydrogen-bond acceptors (Lipinski definition) is 1. The average Bonchev–Trinajstić information content (AvgIpc) is 2.64. The molecule has 0 aromatic rings. The second kappa shape index (κ2) is 6.37. The van der Waals surface area contributed by atoms with Gasteiger partial charge in [-0.2, -0.15) is 0 Å². The van der Waals surface area contributed by atoms with Gasteiger partial charge in [0.15, 0.2) is 9.76 Å². The van der Waals surface area contributed by atoms with Crippen molar-refractivity contribution in [1.29, 1.82) is 0 Å². The Balaban J connectivity index is 2.09. The maximum Gasteiger partial charge on any atom is 0.163 e. The highest BCUT2D eigenvalue weighted by Crippen LogP contribution is 2.38. The van der Waals surface area contributed by atoms with E-state index in [1.165, 1.54) is 25.7 Å². The lowest BCUT2D eigenvalue weighted by Gasteiger charge is -2.19. The van der Waals surface area contributed by atoms with Crippen LogP contribution in [0.4, 0.5) is 0 Å². The summed E-state index contributed by atoms with van der Waals surface area (Å²) in [4.78, 5) is 0.0805. The van der Waals surface area contributed by atoms with Crippen LogP contribution in [0.2, 0.25) is 6.04 Å². The minimum Gasteiger partial charge on any atom is -0.420 e. The zero-order valence-electron chi connectivity index (χ0n) is 9.39. The van der Waals surface area contributed by atoms with Crippen LogP contribution in [0.5, 0.6) is 0 Å². The number of allylic oxidation sites excluding steroid dienone is 1. The molecule has 1 rings (SSSR count). The molecule has 0 bridgehead atoms. The minimum absolute atomic E-state index is 0.0805. The molecule has 1 nitrogen and oxygen atoms in total. The van der Waals surface area contributed by atoms with Crippen molar-refractivity contribution in [2.24, 2.45) is 0 Å². The summed E-state index contributed by atoms with van der Waals surface area (Å²) in [5.41, 5.74) is 0.949. The summed E-state index contributed by atoms with van der Waals surface area (Å²) in [7, 11) is -0.471. The van der Waals surface area contributed by atoms with Gasteiger partial charge < -0.3 is 4.43 Å². The third-order valence-electron chi connectivity index (χ3n) is 2.93. The number of halogens is 1. The Morgan fingerprint density at radius 2 is 2.27 bits per heavy atom. The van der Waals surface area contributed by atoms with Gasteiger partial charge in [0.25, 0.3) is 0 Å². The van der Waals surface area contributed by atoms with Crippen LogP contribution in [-0.4, -0.2) is 21.2 Å². The molecule has 3 heteroatoms. The predicted molar refractivity (Wildman–Crippen MR) is 68.9 cm³/mol. The van der Waals surface area contributed by atoms with Crippen molar-refractivity contribution in [3.63, 3.8) is 0 Å². The van der Waals surface area contributed by atoms with Gasteiger partial charge in [-0.3, -0.25) is 0 Å². The molecular weight excluding hydrogens is 224 g/mol. The summed E-state index contributed by atoms with van der Waals surface area (Å²) < 4.78 is 5.62. The van der Waals surface area contributed by atoms with Gasteiger partial charge >= 0.3 is 0 Å². The number of hydrogen-bond donors (Lipinski definition) is 0. The van der Waals surface area contributed by atoms with E-state index in [2.05, 4.69) is 5.92 Å². The van der Waals surface area contributed by atoms with Crippen molar-refractivity contribution in [3.05, 3.63) is 11.6 Å². The Kier molecular flexibility index (Phi) is 5.45. The summed E-state index contributed by atoms with van der Waals surface area (Å²) in [6.07, 6.45) is 12.1. The van der Waals surface area contributed by atoms with Crippen LogP contribution in [0.1, 0.15) is 32.6 Å². The fourth-order valence-corrected chi connectivity index (χ4v) is 3.63. The zero-order chi connectivity index (χ0) is 11.1. The van der Waals surface area contributed by atoms with Gasteiger partial charge in [0.05, 0.1) is 6.61 Å². The normalized spacial score (nSPS) is 21.0. The summed E-state index contributed by atoms with van der Waals surface area (Å²) >= 11 is 6.45. The standard InChI is InChI=1S/C12H19ClOSi/c1-3-11(2)6-9-14-15-10-12(13)7-4-5-8-12/h1,6H,4-5,7-10,15H2,2H3/b11-6+. The first-order chi connectivity index (χ1) is 7.16. The first-order valence-electron chi connectivity index (χ1n) is 5.56. The van der Waals surface area contributed by atoms with E-state index < -0.39 is 9.76 Å². The van der Waals surface area contributed by atoms with Crippen molar-refractivity contribution in [2.75, 3.05) is 6.61 Å². The van der Waals surface area contributed by atoms with E-state index in [1.807, 2.05) is 13.0 Å². The van der Waals surface area contributed by atoms with Crippen molar-refractivity contribution in [1.82, 2.24) is 0 Å². The molecular formula is C12H19ClOSi. The fraction of sp³-hybridized carbons (Fsp3) is 0.667. The van der Waals surface area contributed by atoms with E-state index in [-0.39, 0.29) is 4.87 Å². The van der Waals surface area contributed by atoms with Gasteiger partial charge in [0, 0.05) is 4.87 Å². The van der Waals surface area contributed by atoms with Crippen LogP contribution in [0.3, 0.4) is 0 Å². The summed E-state index contributed by atoms with van der Waals surface area (Å²) in [6.45, 7) is 2.58. The number of rotatable bonds is 5. The second-order valence-corrected chi connectivity index (χ2v) is 6.33. The Morgan fingerprint density at radius 3 is 2.87 bits per heavy atom. The van der Waals surface area contributed by atoms with Gasteiger partial charge in [-0.25, -0.2) is 0 Å². The van der Waals surface area contributed by atoms with Crippen molar-refractivity contribution >= 4 is 21.4 Å². The monoisotopic (exact) mass is 242 g/mol. The Morgan fingerprint density at radius 1 is 1.60 bits per heavy atom. The van der Waals surface area contributed by atoms with E-state index in [0.29, 0.717) is 6.61 Å². The molecule has 1 saturated carbocycles. The first kappa shape index (κ1) is 12.8. The quantitative estimate of drug-likeness (QED) is 0.312. The summed E-state index contributed by atoms with van der Waals surface area (Å²) in [6, 6.07) is 1.09. The van der Waals surface area contributed by atoms with Gasteiger partial charge in [-0.05, 0) is 37.5 Å². The Bertz CT molecular complexity index is 261. The molecule has 0 aromatic carbocycles. The molecule has 0 spiro atoms. The van der Waals surface area contributed by atoms with Crippen LogP contribution in [0, 0.1) is 12.3 Å². The molecule has 0 heterocycles. The molecule has 0 aromatic heterocycles. The maximum atomic E-state index is 6.45. The third-order valence-corrected chi connectivity index (χ3v) is 5.50. The summed E-state index contributed by atoms with van der Waals surface area (Å²) in [5, 5.41) is 0. The molecule has 0 saturated heterocycles. The topological polar surface area (TPSA) is 9.23 Å². The highest BCUT2D eigenvalue weighted by molar-refractivity contribution is 6.34. The third kappa shape index (κ3) is 4.88. The average molecular weight is 243 g/mol. The number of terminal acetylenes is 1. The lowest BCUT2D eigenvalue weighted by atomic mass is 10.1. The second-order valence-electron chi connectivity index (χ2n) is 4.21. The lowest BCUT2D eigenvalue weighted by molar-refractivity contribution is 0.379. The summed E-state index contributed by atoms with van der Waals surface area (Å²) in [5.74, 6) is 2.57. The first-order valence-corrected chi connectivity index (χ1v) is 7.52. The number of alkyl halides is 1. The maximum absolute atomic E-state index is 6.45. The van der Waals surface area contributed by atoms with Crippen LogP contribution in [0.15, 0.2) is 11.6 Å². The molecule has 1 aliphatic carbocycles. The van der Waals surface area contributed by atoms with Crippen LogP contribution in [-0.2, 0) is 4.43 Å². The van der Waals surface area contributed by atoms with Crippen LogP contribution < -0.4 is 0 Å². The van der Waals surface area contributed by atoms with Gasteiger partial charge in [-0.15, -0.1) is 18.0 Å². The largest absolute Gasteiger partial charge is 0.420 e. The highest BCUT2D eigenvalue weighted by Gasteiger charge is 2.30. The van der Waals surface area contributed by atoms with E-state index in [1.54, 1.807) is 0 Å². The smallest absolute Gasteiger partial charge is 0.163 e. The van der Waals surface area contributed by atoms with Crippen molar-refractivity contribution in [2.45, 2.75) is 43.5 Å². The van der Waals surface area contributed by atoms with E-state index in [9.17, 15) is 0 Å². The van der Waals surface area contributed by atoms with Crippen molar-refractivity contribution in [3.8, 4) is 12.3 Å². The van der Waals surface area contributed by atoms with Gasteiger partial charge in [-0.1, -0.05) is 18.8 Å². The molecule has 84 valence electrons. The molecule has 1 aliphatic rings. The minimum atomic E-state index is -0.471. The molecule has 0 atom stereocenters. The van der Waals surface area contributed by atoms with Crippen molar-refractivity contribution < 1.29 is 4.43 Å². The molecule has 0 N–H and O–H groups in total. The molecule has 1 fully saturated rings. The van der Waals surface area contributed by atoms with Gasteiger partial charge in [0.2, 0.25) is 0 Å². The fourth-order valence-electron chi connectivity index (χ4n) is 1.84. The van der Waals surface area contributed by atoms with E-state index in [4.69, 9.17) is 22.5 Å². The van der Waals surface area contributed by atoms with E-state index in [0.717, 1.165) is 11.6 Å². The van der Waals surface area contributed by atoms with Gasteiger partial charge in [0.1, 0.15) is 0 Å². The van der Waals surface area contributed by atoms with E-state index >= 15 is 0 Å². The molecule has 0 radical (unpaired) electrons. The molecule has 15 heavy (non-hydrogen) atoms. The zero-order valence-corrected chi connectivity index (χ0v) is 11.6. The van der Waals surface area contributed by atoms with Crippen LogP contribution in [0.25, 0.3) is 0 Å². The molecule has 0 amide bonds. The van der Waals surface area contributed by atoms with Crippen LogP contribution >= 0.6 is 11.6 Å². The molecule has 0 aliphatic heterocycles.